The molecule has 0 aliphatic rings. The number of oxime groups is 1. The predicted molar refractivity (Wildman–Crippen MR) is 60.6 cm³/mol. The first-order valence-electron chi connectivity index (χ1n) is 4.08. The number of halogens is 1. The molecule has 72 valence electrons. The molecule has 1 rings (SSSR count). The maximum absolute atomic E-state index is 4.99. The molecule has 0 spiro atoms. The summed E-state index contributed by atoms with van der Waals surface area (Å²) in [6.45, 7) is 6.57. The Hall–Kier alpha value is -0.350. The number of aryl methyl sites for hydroxylation is 1. The third-order valence-electron chi connectivity index (χ3n) is 1.61. The zero-order chi connectivity index (χ0) is 9.84. The second-order valence-corrected chi connectivity index (χ2v) is 5.25. The highest BCUT2D eigenvalue weighted by Gasteiger charge is 2.06. The van der Waals surface area contributed by atoms with Crippen molar-refractivity contribution in [3.05, 3.63) is 20.3 Å². The number of rotatable bonds is 3. The summed E-state index contributed by atoms with van der Waals surface area (Å²) in [7, 11) is 0. The molecule has 0 aliphatic heterocycles. The van der Waals surface area contributed by atoms with E-state index >= 15 is 0 Å². The zero-order valence-electron chi connectivity index (χ0n) is 7.93. The topological polar surface area (TPSA) is 21.6 Å². The minimum absolute atomic E-state index is 0.613. The van der Waals surface area contributed by atoms with Crippen molar-refractivity contribution in [3.8, 4) is 0 Å². The molecule has 0 aliphatic carbocycles. The van der Waals surface area contributed by atoms with Crippen molar-refractivity contribution < 1.29 is 4.84 Å². The molecule has 0 saturated heterocycles. The van der Waals surface area contributed by atoms with E-state index in [1.165, 1.54) is 4.88 Å². The third-order valence-corrected chi connectivity index (χ3v) is 3.16. The van der Waals surface area contributed by atoms with Crippen molar-refractivity contribution >= 4 is 33.0 Å². The van der Waals surface area contributed by atoms with Crippen LogP contribution >= 0.6 is 27.3 Å². The molecular formula is C9H12BrNOS. The van der Waals surface area contributed by atoms with Gasteiger partial charge in [-0.1, -0.05) is 5.16 Å². The van der Waals surface area contributed by atoms with Crippen molar-refractivity contribution in [2.24, 2.45) is 5.16 Å². The van der Waals surface area contributed by atoms with Gasteiger partial charge in [0.1, 0.15) is 6.61 Å². The first kappa shape index (κ1) is 10.7. The van der Waals surface area contributed by atoms with Crippen LogP contribution in [0.1, 0.15) is 24.3 Å². The Bertz CT molecular complexity index is 319. The lowest BCUT2D eigenvalue weighted by atomic mass is 10.2. The monoisotopic (exact) mass is 261 g/mol. The van der Waals surface area contributed by atoms with Crippen molar-refractivity contribution in [1.82, 2.24) is 0 Å². The first-order chi connectivity index (χ1) is 6.15. The van der Waals surface area contributed by atoms with E-state index in [0.717, 1.165) is 15.1 Å². The standard InChI is InChI=1S/C9H12BrNOS/c1-4-12-11-6(2)8-5-9(10)13-7(8)3/h5H,4H2,1-3H3/b11-6-. The summed E-state index contributed by atoms with van der Waals surface area (Å²) in [6.07, 6.45) is 0. The molecule has 13 heavy (non-hydrogen) atoms. The van der Waals surface area contributed by atoms with E-state index in [0.29, 0.717) is 6.61 Å². The fourth-order valence-corrected chi connectivity index (χ4v) is 2.76. The second-order valence-electron chi connectivity index (χ2n) is 2.61. The Morgan fingerprint density at radius 2 is 2.38 bits per heavy atom. The van der Waals surface area contributed by atoms with Crippen LogP contribution in [0.2, 0.25) is 0 Å². The highest BCUT2D eigenvalue weighted by molar-refractivity contribution is 9.11. The summed E-state index contributed by atoms with van der Waals surface area (Å²) < 4.78 is 1.13. The van der Waals surface area contributed by atoms with Gasteiger partial charge in [-0.25, -0.2) is 0 Å². The zero-order valence-corrected chi connectivity index (χ0v) is 10.3. The normalized spacial score (nSPS) is 11.8. The third kappa shape index (κ3) is 2.81. The maximum Gasteiger partial charge on any atom is 0.114 e. The van der Waals surface area contributed by atoms with Crippen LogP contribution < -0.4 is 0 Å². The lowest BCUT2D eigenvalue weighted by molar-refractivity contribution is 0.159. The first-order valence-corrected chi connectivity index (χ1v) is 5.69. The molecule has 0 amide bonds. The van der Waals surface area contributed by atoms with E-state index in [1.54, 1.807) is 11.3 Å². The fourth-order valence-electron chi connectivity index (χ4n) is 1.02. The van der Waals surface area contributed by atoms with Crippen LogP contribution in [0.15, 0.2) is 15.0 Å². The Labute approximate surface area is 90.7 Å². The molecule has 1 heterocycles. The van der Waals surface area contributed by atoms with Gasteiger partial charge in [-0.15, -0.1) is 11.3 Å². The van der Waals surface area contributed by atoms with Crippen LogP contribution in [0.25, 0.3) is 0 Å². The van der Waals surface area contributed by atoms with Gasteiger partial charge in [0.25, 0.3) is 0 Å². The largest absolute Gasteiger partial charge is 0.396 e. The molecule has 0 saturated carbocycles. The molecule has 0 N–H and O–H groups in total. The van der Waals surface area contributed by atoms with E-state index in [9.17, 15) is 0 Å². The van der Waals surface area contributed by atoms with E-state index in [1.807, 2.05) is 13.8 Å². The summed E-state index contributed by atoms with van der Waals surface area (Å²) in [5.74, 6) is 0. The Morgan fingerprint density at radius 3 is 2.85 bits per heavy atom. The van der Waals surface area contributed by atoms with Gasteiger partial charge in [0.2, 0.25) is 0 Å². The lowest BCUT2D eigenvalue weighted by Crippen LogP contribution is -1.95. The molecule has 1 aromatic rings. The highest BCUT2D eigenvalue weighted by Crippen LogP contribution is 2.26. The van der Waals surface area contributed by atoms with Gasteiger partial charge in [0.05, 0.1) is 9.50 Å². The summed E-state index contributed by atoms with van der Waals surface area (Å²) in [5.41, 5.74) is 2.09. The van der Waals surface area contributed by atoms with Gasteiger partial charge in [-0.05, 0) is 42.8 Å². The van der Waals surface area contributed by atoms with Crippen LogP contribution in [-0.2, 0) is 4.84 Å². The van der Waals surface area contributed by atoms with Crippen molar-refractivity contribution in [2.45, 2.75) is 20.8 Å². The average molecular weight is 262 g/mol. The van der Waals surface area contributed by atoms with Crippen LogP contribution in [-0.4, -0.2) is 12.3 Å². The van der Waals surface area contributed by atoms with Gasteiger partial charge in [-0.3, -0.25) is 0 Å². The van der Waals surface area contributed by atoms with Crippen molar-refractivity contribution in [2.75, 3.05) is 6.61 Å². The summed E-state index contributed by atoms with van der Waals surface area (Å²) in [6, 6.07) is 2.07. The summed E-state index contributed by atoms with van der Waals surface area (Å²) in [4.78, 5) is 6.25. The van der Waals surface area contributed by atoms with Crippen LogP contribution in [0, 0.1) is 6.92 Å². The smallest absolute Gasteiger partial charge is 0.114 e. The molecule has 0 aromatic carbocycles. The Morgan fingerprint density at radius 1 is 1.69 bits per heavy atom. The maximum atomic E-state index is 4.99. The van der Waals surface area contributed by atoms with Gasteiger partial charge in [-0.2, -0.15) is 0 Å². The molecule has 0 radical (unpaired) electrons. The molecule has 4 heteroatoms. The van der Waals surface area contributed by atoms with Crippen molar-refractivity contribution in [3.63, 3.8) is 0 Å². The molecule has 0 fully saturated rings. The number of thiophene rings is 1. The molecular weight excluding hydrogens is 250 g/mol. The molecule has 0 atom stereocenters. The predicted octanol–water partition coefficient (Wildman–Crippen LogP) is 3.58. The highest BCUT2D eigenvalue weighted by atomic mass is 79.9. The van der Waals surface area contributed by atoms with Crippen LogP contribution in [0.3, 0.4) is 0 Å². The van der Waals surface area contributed by atoms with E-state index < -0.39 is 0 Å². The quantitative estimate of drug-likeness (QED) is 0.602. The molecule has 0 unspecified atom stereocenters. The van der Waals surface area contributed by atoms with E-state index in [4.69, 9.17) is 4.84 Å². The number of hydrogen-bond donors (Lipinski definition) is 0. The van der Waals surface area contributed by atoms with Gasteiger partial charge < -0.3 is 4.84 Å². The fraction of sp³-hybridized carbons (Fsp3) is 0.444. The Balaban J connectivity index is 2.87. The Kier molecular flexibility index (Phi) is 3.93. The van der Waals surface area contributed by atoms with Gasteiger partial charge in [0.15, 0.2) is 0 Å². The number of nitrogens with zero attached hydrogens (tertiary/aromatic N) is 1. The van der Waals surface area contributed by atoms with Gasteiger partial charge >= 0.3 is 0 Å². The number of hydrogen-bond acceptors (Lipinski definition) is 3. The average Bonchev–Trinajstić information content (AvgIpc) is 2.41. The van der Waals surface area contributed by atoms with Crippen LogP contribution in [0.4, 0.5) is 0 Å². The summed E-state index contributed by atoms with van der Waals surface area (Å²) in [5, 5.41) is 3.99. The molecule has 0 bridgehead atoms. The SMILES string of the molecule is CCO/N=C(/C)c1cc(Br)sc1C. The molecule has 2 nitrogen and oxygen atoms in total. The minimum Gasteiger partial charge on any atom is -0.396 e. The lowest BCUT2D eigenvalue weighted by Gasteiger charge is -1.98. The van der Waals surface area contributed by atoms with E-state index in [2.05, 4.69) is 34.1 Å². The van der Waals surface area contributed by atoms with Gasteiger partial charge in [0, 0.05) is 10.4 Å². The molecule has 1 aromatic heterocycles. The second kappa shape index (κ2) is 4.77. The van der Waals surface area contributed by atoms with Crippen LogP contribution in [0.5, 0.6) is 0 Å². The van der Waals surface area contributed by atoms with E-state index in [-0.39, 0.29) is 0 Å². The van der Waals surface area contributed by atoms with Crippen molar-refractivity contribution in [1.29, 1.82) is 0 Å². The minimum atomic E-state index is 0.613. The summed E-state index contributed by atoms with van der Waals surface area (Å²) >= 11 is 5.15.